The van der Waals surface area contributed by atoms with Gasteiger partial charge in [-0.25, -0.2) is 14.0 Å². The van der Waals surface area contributed by atoms with Crippen LogP contribution in [0.1, 0.15) is 18.1 Å². The Balaban J connectivity index is 0.821. The highest BCUT2D eigenvalue weighted by Gasteiger charge is 2.51. The average molecular weight is 1290 g/mol. The zero-order chi connectivity index (χ0) is 65.7. The maximum Gasteiger partial charge on any atom is 0.402 e. The quantitative estimate of drug-likeness (QED) is 0.0224. The summed E-state index contributed by atoms with van der Waals surface area (Å²) in [6, 6.07) is 16.3. The fourth-order valence-electron chi connectivity index (χ4n) is 10.1. The number of phenolic OH excluding ortho intramolecular Hbond substituents is 3. The van der Waals surface area contributed by atoms with Crippen LogP contribution in [-0.4, -0.2) is 253 Å². The maximum absolute atomic E-state index is 13.1. The molecule has 31 heteroatoms. The number of aliphatic hydroxyl groups excluding tert-OH is 12. The standard InChI is InChI=1S/C60H68O31/c1-24-55(91-42(65)14-8-25-5-10-29(11-6-25)84-58-51(74)48(71)45(68)39(89-58)22-81-41(64)13-9-26-7-12-31(63)34(15-26)78-2)50(73)54(77)57(83-24)82-23-40-46(69)49(72)53(76)60(90-40)87-37-20-30-32(85-56(37)27-16-35(79-3)43(66)36(17-27)80-4)18-28(62)19-33(30)86-59-52(75)47(70)44(67)38(21-61)88-59/h5-20,24,38-40,44-55,57-61,67-77H,21-23H2,1-4H3,(H2-,62,63,64,66)/p+1. The minimum atomic E-state index is -2.04. The Morgan fingerprint density at radius 1 is 0.516 bits per heavy atom. The molecule has 20 unspecified atom stereocenters. The number of hydrogen-bond donors (Lipinski definition) is 15. The lowest BCUT2D eigenvalue weighted by molar-refractivity contribution is -0.319. The van der Waals surface area contributed by atoms with Gasteiger partial charge >= 0.3 is 23.3 Å². The number of aliphatic hydroxyl groups is 12. The number of benzene rings is 4. The number of fused-ring (bicyclic) bond motifs is 1. The third-order valence-corrected chi connectivity index (χ3v) is 15.2. The lowest BCUT2D eigenvalue weighted by Crippen LogP contribution is -2.62. The van der Waals surface area contributed by atoms with E-state index < -0.39 is 166 Å². The van der Waals surface area contributed by atoms with E-state index in [-0.39, 0.29) is 62.5 Å². The third-order valence-electron chi connectivity index (χ3n) is 15.2. The van der Waals surface area contributed by atoms with E-state index in [0.29, 0.717) is 11.1 Å². The molecule has 0 amide bonds. The summed E-state index contributed by atoms with van der Waals surface area (Å²) in [5.74, 6) is -3.64. The Bertz CT molecular complexity index is 3350. The first-order valence-corrected chi connectivity index (χ1v) is 28.0. The van der Waals surface area contributed by atoms with E-state index >= 15 is 0 Å². The van der Waals surface area contributed by atoms with Gasteiger partial charge in [-0.1, -0.05) is 18.2 Å². The van der Waals surface area contributed by atoms with Gasteiger partial charge in [0.15, 0.2) is 35.4 Å². The molecule has 5 heterocycles. The largest absolute Gasteiger partial charge is 0.507 e. The fourth-order valence-corrected chi connectivity index (χ4v) is 10.1. The van der Waals surface area contributed by atoms with E-state index in [2.05, 4.69) is 0 Å². The number of carbonyl (C=O) groups is 2. The zero-order valence-electron chi connectivity index (χ0n) is 48.6. The molecule has 494 valence electrons. The Hall–Kier alpha value is -7.77. The van der Waals surface area contributed by atoms with Gasteiger partial charge < -0.3 is 138 Å². The van der Waals surface area contributed by atoms with Crippen molar-refractivity contribution >= 4 is 35.1 Å². The summed E-state index contributed by atoms with van der Waals surface area (Å²) in [6.45, 7) is -0.671. The molecular weight excluding hydrogens is 1220 g/mol. The van der Waals surface area contributed by atoms with Crippen molar-refractivity contribution < 1.29 is 152 Å². The van der Waals surface area contributed by atoms with Crippen LogP contribution < -0.4 is 28.4 Å². The number of rotatable bonds is 21. The lowest BCUT2D eigenvalue weighted by Gasteiger charge is -2.42. The third kappa shape index (κ3) is 15.1. The molecule has 1 aromatic heterocycles. The van der Waals surface area contributed by atoms with Crippen LogP contribution in [0.15, 0.2) is 89.4 Å². The summed E-state index contributed by atoms with van der Waals surface area (Å²) < 4.78 is 79.2. The normalized spacial score (nSPS) is 31.9. The van der Waals surface area contributed by atoms with Crippen LogP contribution in [0, 0.1) is 0 Å². The van der Waals surface area contributed by atoms with Gasteiger partial charge in [-0.15, -0.1) is 0 Å². The molecule has 0 aliphatic carbocycles. The second-order valence-corrected chi connectivity index (χ2v) is 21.3. The fraction of sp³-hybridized carbons (Fsp3) is 0.450. The van der Waals surface area contributed by atoms with Crippen LogP contribution >= 0.6 is 0 Å². The van der Waals surface area contributed by atoms with Crippen molar-refractivity contribution in [2.45, 2.75) is 130 Å². The smallest absolute Gasteiger partial charge is 0.402 e. The molecule has 0 bridgehead atoms. The lowest BCUT2D eigenvalue weighted by atomic mass is 9.98. The van der Waals surface area contributed by atoms with Crippen LogP contribution in [0.3, 0.4) is 0 Å². The first-order valence-electron chi connectivity index (χ1n) is 28.0. The number of carbonyl (C=O) groups excluding carboxylic acids is 2. The number of hydrogen-bond acceptors (Lipinski definition) is 30. The van der Waals surface area contributed by atoms with Gasteiger partial charge in [0.1, 0.15) is 115 Å². The van der Waals surface area contributed by atoms with Gasteiger partial charge in [-0.3, -0.25) is 0 Å². The summed E-state index contributed by atoms with van der Waals surface area (Å²) in [7, 11) is 3.86. The predicted octanol–water partition coefficient (Wildman–Crippen LogP) is -1.56. The number of methoxy groups -OCH3 is 3. The van der Waals surface area contributed by atoms with Crippen LogP contribution in [0.25, 0.3) is 34.4 Å². The van der Waals surface area contributed by atoms with Crippen molar-refractivity contribution in [1.29, 1.82) is 0 Å². The van der Waals surface area contributed by atoms with Gasteiger partial charge in [0.2, 0.25) is 30.4 Å². The minimum Gasteiger partial charge on any atom is -0.507 e. The second kappa shape index (κ2) is 29.2. The summed E-state index contributed by atoms with van der Waals surface area (Å²) in [4.78, 5) is 25.6. The molecule has 4 saturated heterocycles. The Kier molecular flexibility index (Phi) is 21.7. The van der Waals surface area contributed by atoms with E-state index in [1.54, 1.807) is 0 Å². The molecule has 0 spiro atoms. The van der Waals surface area contributed by atoms with Gasteiger partial charge in [-0.05, 0) is 54.5 Å². The molecule has 9 rings (SSSR count). The molecule has 4 aliphatic heterocycles. The predicted molar refractivity (Wildman–Crippen MR) is 304 cm³/mol. The van der Waals surface area contributed by atoms with E-state index in [1.165, 1.54) is 101 Å². The first kappa shape index (κ1) is 67.6. The Morgan fingerprint density at radius 2 is 1.04 bits per heavy atom. The summed E-state index contributed by atoms with van der Waals surface area (Å²) in [6.07, 6.45) is -29.5. The van der Waals surface area contributed by atoms with Gasteiger partial charge in [0, 0.05) is 36.4 Å². The van der Waals surface area contributed by atoms with Gasteiger partial charge in [-0.2, -0.15) is 0 Å². The number of phenols is 3. The van der Waals surface area contributed by atoms with Crippen molar-refractivity contribution in [1.82, 2.24) is 0 Å². The monoisotopic (exact) mass is 1290 g/mol. The van der Waals surface area contributed by atoms with Crippen LogP contribution in [0.2, 0.25) is 0 Å². The molecule has 91 heavy (non-hydrogen) atoms. The van der Waals surface area contributed by atoms with Gasteiger partial charge in [0.25, 0.3) is 0 Å². The Morgan fingerprint density at radius 3 is 1.65 bits per heavy atom. The number of aromatic hydroxyl groups is 3. The SMILES string of the molecule is COc1cc(C=CC(=O)OCC2OC(Oc3ccc(C=CC(=O)OC4C(C)OC(OCC5OC(Oc6cc7c(OC8OC(CO)C(O)C(O)C8O)cc(O)cc7[o+]c6-c6cc(OC)c(O)c(OC)c6)C(O)C(O)C5O)C(O)C4O)cc3)C(O)C(O)C2O)ccc1O. The molecule has 0 radical (unpaired) electrons. The van der Waals surface area contributed by atoms with Crippen LogP contribution in [0.5, 0.6) is 51.7 Å². The number of ether oxygens (including phenoxy) is 13. The number of esters is 2. The summed E-state index contributed by atoms with van der Waals surface area (Å²) in [5.41, 5.74) is 0.831. The molecule has 31 nitrogen and oxygen atoms in total. The topological polar surface area (TPSA) is 469 Å². The van der Waals surface area contributed by atoms with E-state index in [9.17, 15) is 86.2 Å². The average Bonchev–Trinajstić information content (AvgIpc) is 0.801. The molecule has 4 aliphatic rings. The van der Waals surface area contributed by atoms with E-state index in [1.807, 2.05) is 0 Å². The van der Waals surface area contributed by atoms with E-state index in [4.69, 9.17) is 66.0 Å². The summed E-state index contributed by atoms with van der Waals surface area (Å²) >= 11 is 0. The minimum absolute atomic E-state index is 0.0530. The molecular formula is C60H69O31+. The van der Waals surface area contributed by atoms with Crippen LogP contribution in [0.4, 0.5) is 0 Å². The highest BCUT2D eigenvalue weighted by molar-refractivity contribution is 5.90. The molecule has 5 aromatic rings. The second-order valence-electron chi connectivity index (χ2n) is 21.3. The van der Waals surface area contributed by atoms with Crippen molar-refractivity contribution in [2.75, 3.05) is 41.2 Å². The van der Waals surface area contributed by atoms with E-state index in [0.717, 1.165) is 24.3 Å². The molecule has 4 fully saturated rings. The molecule has 15 N–H and O–H groups in total. The van der Waals surface area contributed by atoms with Gasteiger partial charge in [0.05, 0.1) is 52.3 Å². The zero-order valence-corrected chi connectivity index (χ0v) is 48.6. The van der Waals surface area contributed by atoms with Crippen molar-refractivity contribution in [2.24, 2.45) is 0 Å². The van der Waals surface area contributed by atoms with Crippen molar-refractivity contribution in [3.05, 3.63) is 96.1 Å². The van der Waals surface area contributed by atoms with Crippen molar-refractivity contribution in [3.63, 3.8) is 0 Å². The molecule has 4 aromatic carbocycles. The summed E-state index contributed by atoms with van der Waals surface area (Å²) in [5, 5.41) is 161. The Labute approximate surface area is 515 Å². The van der Waals surface area contributed by atoms with Crippen molar-refractivity contribution in [3.8, 4) is 63.1 Å². The molecule has 20 atom stereocenters. The highest BCUT2D eigenvalue weighted by atomic mass is 16.7. The van der Waals surface area contributed by atoms with Crippen LogP contribution in [-0.2, 0) is 42.7 Å². The highest BCUT2D eigenvalue weighted by Crippen LogP contribution is 2.46. The maximum atomic E-state index is 13.1. The first-order chi connectivity index (χ1) is 43.4. The molecule has 0 saturated carbocycles.